The molecule has 37 heavy (non-hydrogen) atoms. The second-order valence-electron chi connectivity index (χ2n) is 8.70. The van der Waals surface area contributed by atoms with E-state index >= 15 is 0 Å². The topological polar surface area (TPSA) is 61.9 Å². The first kappa shape index (κ1) is 26.3. The van der Waals surface area contributed by atoms with Crippen molar-refractivity contribution in [1.82, 2.24) is 5.01 Å². The summed E-state index contributed by atoms with van der Waals surface area (Å²) in [6.45, 7) is 11.1. The molecule has 5 rings (SSSR count). The molecule has 0 saturated carbocycles. The van der Waals surface area contributed by atoms with Crippen LogP contribution < -0.4 is 5.84 Å². The lowest BCUT2D eigenvalue weighted by atomic mass is 10.0. The first-order valence-electron chi connectivity index (χ1n) is 12.6. The average Bonchev–Trinajstić information content (AvgIpc) is 3.11. The first-order valence-corrected chi connectivity index (χ1v) is 13.4. The number of phenols is 1. The van der Waals surface area contributed by atoms with Gasteiger partial charge in [-0.3, -0.25) is 0 Å². The Morgan fingerprint density at radius 2 is 1.59 bits per heavy atom. The molecule has 188 valence electrons. The molecule has 1 unspecified atom stereocenters. The number of aromatic hydroxyl groups is 1. The van der Waals surface area contributed by atoms with E-state index in [0.717, 1.165) is 43.6 Å². The van der Waals surface area contributed by atoms with Crippen LogP contribution in [0.1, 0.15) is 48.9 Å². The Balaban J connectivity index is 0.00000156. The van der Waals surface area contributed by atoms with Crippen molar-refractivity contribution in [2.45, 2.75) is 36.5 Å². The number of nitrogens with two attached hydrogens (primary N) is 1. The molecule has 1 atom stereocenters. The van der Waals surface area contributed by atoms with Crippen LogP contribution in [0.2, 0.25) is 0 Å². The zero-order valence-electron chi connectivity index (χ0n) is 21.6. The van der Waals surface area contributed by atoms with E-state index in [1.165, 1.54) is 5.56 Å². The van der Waals surface area contributed by atoms with Gasteiger partial charge in [-0.15, -0.1) is 0 Å². The Kier molecular flexibility index (Phi) is 8.49. The van der Waals surface area contributed by atoms with Gasteiger partial charge in [-0.05, 0) is 48.0 Å². The van der Waals surface area contributed by atoms with Gasteiger partial charge in [-0.25, -0.2) is 10.8 Å². The number of hydrogen-bond donors (Lipinski definition) is 2. The molecule has 0 amide bonds. The Morgan fingerprint density at radius 1 is 0.919 bits per heavy atom. The predicted octanol–water partition coefficient (Wildman–Crippen LogP) is 8.00. The number of aliphatic imine (C=N–C) groups is 1. The lowest BCUT2D eigenvalue weighted by Crippen LogP contribution is -2.32. The summed E-state index contributed by atoms with van der Waals surface area (Å²) in [6.07, 6.45) is 0. The summed E-state index contributed by atoms with van der Waals surface area (Å²) < 4.78 is 0. The number of nitrogens with zero attached hydrogens (tertiary/aromatic N) is 2. The molecular formula is C32H33N3OS. The molecule has 0 saturated heterocycles. The van der Waals surface area contributed by atoms with Crippen LogP contribution in [0, 0.1) is 0 Å². The van der Waals surface area contributed by atoms with E-state index in [4.69, 9.17) is 10.8 Å². The van der Waals surface area contributed by atoms with Gasteiger partial charge >= 0.3 is 0 Å². The summed E-state index contributed by atoms with van der Waals surface area (Å²) in [5, 5.41) is 11.5. The molecule has 0 aromatic heterocycles. The van der Waals surface area contributed by atoms with Gasteiger partial charge in [-0.1, -0.05) is 93.7 Å². The number of rotatable bonds is 6. The van der Waals surface area contributed by atoms with Crippen molar-refractivity contribution in [1.29, 1.82) is 0 Å². The summed E-state index contributed by atoms with van der Waals surface area (Å²) in [5.41, 5.74) is 6.70. The van der Waals surface area contributed by atoms with Gasteiger partial charge in [-0.2, -0.15) is 0 Å². The highest BCUT2D eigenvalue weighted by molar-refractivity contribution is 7.99. The van der Waals surface area contributed by atoms with Gasteiger partial charge in [0.15, 0.2) is 0 Å². The molecule has 1 aliphatic rings. The first-order chi connectivity index (χ1) is 18.0. The largest absolute Gasteiger partial charge is 0.508 e. The Hall–Kier alpha value is -3.80. The standard InChI is InChI=1S/C30H27N3OS.C2H6/c1-20(22-8-4-3-5-9-22)19-33(31)21(2)24-14-17-29-27(18-24)32-30(23-12-15-25(34)16-13-23)26-10-6-7-11-28(26)35-29;1-2/h3-18,20,34H,2,19,31H2,1H3;1-2H3. The molecule has 5 heteroatoms. The van der Waals surface area contributed by atoms with E-state index in [1.807, 2.05) is 56.3 Å². The van der Waals surface area contributed by atoms with E-state index < -0.39 is 0 Å². The van der Waals surface area contributed by atoms with Crippen molar-refractivity contribution in [3.05, 3.63) is 126 Å². The van der Waals surface area contributed by atoms with Gasteiger partial charge in [0, 0.05) is 38.9 Å². The van der Waals surface area contributed by atoms with Gasteiger partial charge in [0.1, 0.15) is 5.75 Å². The molecule has 4 aromatic carbocycles. The van der Waals surface area contributed by atoms with Gasteiger partial charge in [0.25, 0.3) is 0 Å². The third-order valence-corrected chi connectivity index (χ3v) is 7.35. The number of hydrogen-bond acceptors (Lipinski definition) is 5. The lowest BCUT2D eigenvalue weighted by Gasteiger charge is -2.25. The second-order valence-corrected chi connectivity index (χ2v) is 9.78. The van der Waals surface area contributed by atoms with Crippen molar-refractivity contribution >= 4 is 28.9 Å². The van der Waals surface area contributed by atoms with Crippen molar-refractivity contribution in [2.75, 3.05) is 6.54 Å². The molecule has 1 heterocycles. The number of fused-ring (bicyclic) bond motifs is 2. The quantitative estimate of drug-likeness (QED) is 0.180. The number of hydrazine groups is 1. The lowest BCUT2D eigenvalue weighted by molar-refractivity contribution is 0.391. The second kappa shape index (κ2) is 12.0. The normalized spacial score (nSPS) is 12.6. The molecule has 0 bridgehead atoms. The van der Waals surface area contributed by atoms with Gasteiger partial charge in [0.2, 0.25) is 0 Å². The van der Waals surface area contributed by atoms with Crippen LogP contribution in [0.4, 0.5) is 5.69 Å². The third-order valence-electron chi connectivity index (χ3n) is 6.21. The Morgan fingerprint density at radius 3 is 2.32 bits per heavy atom. The van der Waals surface area contributed by atoms with E-state index in [1.54, 1.807) is 28.9 Å². The van der Waals surface area contributed by atoms with Crippen molar-refractivity contribution in [3.8, 4) is 5.75 Å². The summed E-state index contributed by atoms with van der Waals surface area (Å²) in [4.78, 5) is 7.32. The summed E-state index contributed by atoms with van der Waals surface area (Å²) >= 11 is 1.70. The molecule has 0 fully saturated rings. The minimum Gasteiger partial charge on any atom is -0.508 e. The highest BCUT2D eigenvalue weighted by Crippen LogP contribution is 2.42. The fraction of sp³-hybridized carbons (Fsp3) is 0.156. The van der Waals surface area contributed by atoms with Crippen LogP contribution in [0.5, 0.6) is 5.75 Å². The maximum atomic E-state index is 9.78. The van der Waals surface area contributed by atoms with Gasteiger partial charge < -0.3 is 10.1 Å². The molecule has 4 nitrogen and oxygen atoms in total. The fourth-order valence-electron chi connectivity index (χ4n) is 4.22. The highest BCUT2D eigenvalue weighted by atomic mass is 32.2. The van der Waals surface area contributed by atoms with Crippen LogP contribution in [-0.2, 0) is 0 Å². The van der Waals surface area contributed by atoms with Crippen molar-refractivity contribution in [3.63, 3.8) is 0 Å². The van der Waals surface area contributed by atoms with E-state index in [-0.39, 0.29) is 11.7 Å². The van der Waals surface area contributed by atoms with Crippen LogP contribution in [0.15, 0.2) is 118 Å². The molecule has 0 aliphatic carbocycles. The van der Waals surface area contributed by atoms with Crippen LogP contribution in [0.3, 0.4) is 0 Å². The fourth-order valence-corrected chi connectivity index (χ4v) is 5.22. The van der Waals surface area contributed by atoms with E-state index in [0.29, 0.717) is 6.54 Å². The molecule has 0 radical (unpaired) electrons. The molecular weight excluding hydrogens is 474 g/mol. The summed E-state index contributed by atoms with van der Waals surface area (Å²) in [6, 6.07) is 32.0. The zero-order chi connectivity index (χ0) is 26.4. The zero-order valence-corrected chi connectivity index (χ0v) is 22.4. The number of phenolic OH excluding ortho intramolecular Hbond substituents is 1. The maximum Gasteiger partial charge on any atom is 0.115 e. The van der Waals surface area contributed by atoms with Gasteiger partial charge in [0.05, 0.1) is 17.1 Å². The van der Waals surface area contributed by atoms with Crippen molar-refractivity contribution < 1.29 is 5.11 Å². The minimum absolute atomic E-state index is 0.234. The van der Waals surface area contributed by atoms with E-state index in [9.17, 15) is 5.11 Å². The third kappa shape index (κ3) is 5.96. The summed E-state index contributed by atoms with van der Waals surface area (Å²) in [5.74, 6) is 6.97. The molecule has 3 N–H and O–H groups in total. The maximum absolute atomic E-state index is 9.78. The smallest absolute Gasteiger partial charge is 0.115 e. The van der Waals surface area contributed by atoms with E-state index in [2.05, 4.69) is 56.0 Å². The predicted molar refractivity (Wildman–Crippen MR) is 157 cm³/mol. The molecule has 0 spiro atoms. The van der Waals surface area contributed by atoms with Crippen molar-refractivity contribution in [2.24, 2.45) is 10.8 Å². The summed E-state index contributed by atoms with van der Waals surface area (Å²) in [7, 11) is 0. The minimum atomic E-state index is 0.234. The average molecular weight is 508 g/mol. The SMILES string of the molecule is C=C(c1ccc2c(c1)N=C(c1ccc(O)cc1)c1ccccc1S2)N(N)CC(C)c1ccccc1.CC. The molecule has 4 aromatic rings. The Labute approximate surface area is 224 Å². The number of benzene rings is 4. The van der Waals surface area contributed by atoms with Crippen LogP contribution in [-0.4, -0.2) is 22.4 Å². The van der Waals surface area contributed by atoms with Crippen LogP contribution >= 0.6 is 11.8 Å². The molecule has 1 aliphatic heterocycles. The highest BCUT2D eigenvalue weighted by Gasteiger charge is 2.20. The van der Waals surface area contributed by atoms with Crippen LogP contribution in [0.25, 0.3) is 5.70 Å². The monoisotopic (exact) mass is 507 g/mol. The Bertz CT molecular complexity index is 1400.